The number of likely N-dealkylation sites (tertiary alicyclic amines) is 1. The minimum Gasteiger partial charge on any atom is -0.491 e. The fraction of sp³-hybridized carbons (Fsp3) is 0.474. The van der Waals surface area contributed by atoms with Crippen LogP contribution in [-0.4, -0.2) is 48.2 Å². The first kappa shape index (κ1) is 16.1. The van der Waals surface area contributed by atoms with E-state index in [0.29, 0.717) is 25.3 Å². The van der Waals surface area contributed by atoms with Crippen LogP contribution in [-0.2, 0) is 16.0 Å². The highest BCUT2D eigenvalue weighted by atomic mass is 16.5. The van der Waals surface area contributed by atoms with Crippen LogP contribution in [0.5, 0.6) is 5.75 Å². The lowest BCUT2D eigenvalue weighted by molar-refractivity contribution is -0.137. The maximum atomic E-state index is 12.6. The van der Waals surface area contributed by atoms with Crippen LogP contribution in [0.3, 0.4) is 0 Å². The zero-order valence-corrected chi connectivity index (χ0v) is 14.1. The van der Waals surface area contributed by atoms with E-state index in [2.05, 4.69) is 4.98 Å². The summed E-state index contributed by atoms with van der Waals surface area (Å²) in [6.45, 7) is 2.64. The molecule has 6 heteroatoms. The Kier molecular flexibility index (Phi) is 4.44. The van der Waals surface area contributed by atoms with E-state index in [1.807, 2.05) is 29.2 Å². The molecule has 2 atom stereocenters. The zero-order valence-electron chi connectivity index (χ0n) is 14.1. The summed E-state index contributed by atoms with van der Waals surface area (Å²) in [6, 6.07) is 7.40. The molecular weight excluding hydrogens is 320 g/mol. The highest BCUT2D eigenvalue weighted by Gasteiger charge is 2.49. The van der Waals surface area contributed by atoms with Crippen molar-refractivity contribution in [2.45, 2.75) is 25.4 Å². The average Bonchev–Trinajstić information content (AvgIpc) is 3.30. The van der Waals surface area contributed by atoms with Gasteiger partial charge in [-0.25, -0.2) is 0 Å². The predicted molar refractivity (Wildman–Crippen MR) is 90.1 cm³/mol. The third-order valence-electron chi connectivity index (χ3n) is 5.19. The Morgan fingerprint density at radius 1 is 1.40 bits per heavy atom. The molecule has 2 aromatic heterocycles. The van der Waals surface area contributed by atoms with Gasteiger partial charge in [0, 0.05) is 25.9 Å². The summed E-state index contributed by atoms with van der Waals surface area (Å²) in [6.07, 6.45) is 7.24. The van der Waals surface area contributed by atoms with E-state index in [4.69, 9.17) is 13.9 Å². The lowest BCUT2D eigenvalue weighted by atomic mass is 9.77. The molecule has 4 rings (SSSR count). The van der Waals surface area contributed by atoms with Crippen LogP contribution in [0.1, 0.15) is 18.6 Å². The summed E-state index contributed by atoms with van der Waals surface area (Å²) in [4.78, 5) is 18.7. The SMILES string of the molecule is O=C(Cc1ccco1)N1CC[C@H]2OCC[C@@]2(COc2cccnc2)C1. The molecule has 0 N–H and O–H groups in total. The van der Waals surface area contributed by atoms with Gasteiger partial charge in [-0.2, -0.15) is 0 Å². The van der Waals surface area contributed by atoms with Crippen molar-refractivity contribution < 1.29 is 18.7 Å². The number of piperidine rings is 1. The van der Waals surface area contributed by atoms with Crippen molar-refractivity contribution in [3.05, 3.63) is 48.7 Å². The Hall–Kier alpha value is -2.34. The minimum absolute atomic E-state index is 0.0982. The summed E-state index contributed by atoms with van der Waals surface area (Å²) >= 11 is 0. The Morgan fingerprint density at radius 3 is 3.16 bits per heavy atom. The monoisotopic (exact) mass is 342 g/mol. The van der Waals surface area contributed by atoms with Crippen molar-refractivity contribution in [1.29, 1.82) is 0 Å². The van der Waals surface area contributed by atoms with Crippen molar-refractivity contribution in [2.24, 2.45) is 5.41 Å². The first-order chi connectivity index (χ1) is 12.3. The average molecular weight is 342 g/mol. The van der Waals surface area contributed by atoms with Crippen molar-refractivity contribution >= 4 is 5.91 Å². The quantitative estimate of drug-likeness (QED) is 0.834. The van der Waals surface area contributed by atoms with Gasteiger partial charge in [-0.05, 0) is 37.1 Å². The van der Waals surface area contributed by atoms with Gasteiger partial charge in [0.2, 0.25) is 5.91 Å². The maximum Gasteiger partial charge on any atom is 0.230 e. The predicted octanol–water partition coefficient (Wildman–Crippen LogP) is 2.30. The maximum absolute atomic E-state index is 12.6. The topological polar surface area (TPSA) is 64.8 Å². The number of carbonyl (C=O) groups excluding carboxylic acids is 1. The van der Waals surface area contributed by atoms with E-state index >= 15 is 0 Å². The number of amides is 1. The van der Waals surface area contributed by atoms with Crippen molar-refractivity contribution in [1.82, 2.24) is 9.88 Å². The van der Waals surface area contributed by atoms with Crippen LogP contribution in [0.4, 0.5) is 0 Å². The standard InChI is InChI=1S/C19H22N2O4/c22-18(11-15-4-2-9-23-15)21-8-5-17-19(13-21,6-10-24-17)14-25-16-3-1-7-20-12-16/h1-4,7,9,12,17H,5-6,8,10-11,13-14H2/t17-,19+/m1/s1. The van der Waals surface area contributed by atoms with Crippen LogP contribution in [0.2, 0.25) is 0 Å². The second kappa shape index (κ2) is 6.88. The van der Waals surface area contributed by atoms with Gasteiger partial charge < -0.3 is 18.8 Å². The molecule has 2 fully saturated rings. The number of nitrogens with zero attached hydrogens (tertiary/aromatic N) is 2. The number of pyridine rings is 1. The molecule has 4 heterocycles. The number of ether oxygens (including phenoxy) is 2. The Balaban J connectivity index is 1.44. The van der Waals surface area contributed by atoms with Crippen molar-refractivity contribution in [2.75, 3.05) is 26.3 Å². The Labute approximate surface area is 146 Å². The van der Waals surface area contributed by atoms with Crippen LogP contribution >= 0.6 is 0 Å². The summed E-state index contributed by atoms with van der Waals surface area (Å²) in [5.41, 5.74) is -0.146. The highest BCUT2D eigenvalue weighted by Crippen LogP contribution is 2.41. The second-order valence-electron chi connectivity index (χ2n) is 6.81. The second-order valence-corrected chi connectivity index (χ2v) is 6.81. The first-order valence-electron chi connectivity index (χ1n) is 8.70. The smallest absolute Gasteiger partial charge is 0.230 e. The molecular formula is C19H22N2O4. The lowest BCUT2D eigenvalue weighted by Crippen LogP contribution is -2.54. The molecule has 2 saturated heterocycles. The Bertz CT molecular complexity index is 703. The number of fused-ring (bicyclic) bond motifs is 1. The molecule has 2 aromatic rings. The summed E-state index contributed by atoms with van der Waals surface area (Å²) in [5.74, 6) is 1.55. The van der Waals surface area contributed by atoms with Gasteiger partial charge in [0.05, 0.1) is 37.0 Å². The third kappa shape index (κ3) is 3.39. The molecule has 0 radical (unpaired) electrons. The lowest BCUT2D eigenvalue weighted by Gasteiger charge is -2.43. The minimum atomic E-state index is -0.146. The summed E-state index contributed by atoms with van der Waals surface area (Å²) in [5, 5.41) is 0. The zero-order chi connectivity index (χ0) is 17.1. The van der Waals surface area contributed by atoms with E-state index in [0.717, 1.165) is 31.7 Å². The largest absolute Gasteiger partial charge is 0.491 e. The van der Waals surface area contributed by atoms with E-state index in [9.17, 15) is 4.79 Å². The number of furan rings is 1. The fourth-order valence-corrected chi connectivity index (χ4v) is 3.80. The van der Waals surface area contributed by atoms with Crippen LogP contribution < -0.4 is 4.74 Å². The van der Waals surface area contributed by atoms with Gasteiger partial charge in [-0.1, -0.05) is 0 Å². The molecule has 25 heavy (non-hydrogen) atoms. The van der Waals surface area contributed by atoms with E-state index in [1.54, 1.807) is 18.7 Å². The molecule has 1 amide bonds. The van der Waals surface area contributed by atoms with Crippen LogP contribution in [0, 0.1) is 5.41 Å². The molecule has 0 unspecified atom stereocenters. The molecule has 6 nitrogen and oxygen atoms in total. The number of carbonyl (C=O) groups is 1. The van der Waals surface area contributed by atoms with Gasteiger partial charge in [0.15, 0.2) is 0 Å². The summed E-state index contributed by atoms with van der Waals surface area (Å²) < 4.78 is 17.2. The summed E-state index contributed by atoms with van der Waals surface area (Å²) in [7, 11) is 0. The normalized spacial score (nSPS) is 25.6. The number of rotatable bonds is 5. The fourth-order valence-electron chi connectivity index (χ4n) is 3.80. The molecule has 2 aliphatic heterocycles. The molecule has 0 saturated carbocycles. The van der Waals surface area contributed by atoms with Gasteiger partial charge in [-0.3, -0.25) is 9.78 Å². The van der Waals surface area contributed by atoms with Crippen LogP contribution in [0.15, 0.2) is 47.3 Å². The molecule has 2 aliphatic rings. The van der Waals surface area contributed by atoms with Gasteiger partial charge >= 0.3 is 0 Å². The molecule has 0 bridgehead atoms. The molecule has 0 aromatic carbocycles. The number of aromatic nitrogens is 1. The van der Waals surface area contributed by atoms with Gasteiger partial charge in [0.1, 0.15) is 11.5 Å². The van der Waals surface area contributed by atoms with Gasteiger partial charge in [0.25, 0.3) is 0 Å². The highest BCUT2D eigenvalue weighted by molar-refractivity contribution is 5.78. The van der Waals surface area contributed by atoms with E-state index < -0.39 is 0 Å². The first-order valence-corrected chi connectivity index (χ1v) is 8.70. The van der Waals surface area contributed by atoms with Gasteiger partial charge in [-0.15, -0.1) is 0 Å². The number of hydrogen-bond donors (Lipinski definition) is 0. The van der Waals surface area contributed by atoms with Crippen molar-refractivity contribution in [3.8, 4) is 5.75 Å². The molecule has 0 aliphatic carbocycles. The molecule has 0 spiro atoms. The van der Waals surface area contributed by atoms with E-state index in [1.165, 1.54) is 0 Å². The Morgan fingerprint density at radius 2 is 2.36 bits per heavy atom. The third-order valence-corrected chi connectivity index (χ3v) is 5.19. The van der Waals surface area contributed by atoms with Crippen molar-refractivity contribution in [3.63, 3.8) is 0 Å². The number of hydrogen-bond acceptors (Lipinski definition) is 5. The van der Waals surface area contributed by atoms with Crippen LogP contribution in [0.25, 0.3) is 0 Å². The van der Waals surface area contributed by atoms with E-state index in [-0.39, 0.29) is 17.4 Å². The molecule has 132 valence electrons.